The van der Waals surface area contributed by atoms with E-state index >= 15 is 0 Å². The summed E-state index contributed by atoms with van der Waals surface area (Å²) < 4.78 is 35.4. The maximum Gasteiger partial charge on any atom is 0.395 e. The van der Waals surface area contributed by atoms with Crippen molar-refractivity contribution in [2.75, 3.05) is 13.1 Å². The molecule has 2 nitrogen and oxygen atoms in total. The van der Waals surface area contributed by atoms with Gasteiger partial charge in [-0.3, -0.25) is 0 Å². The van der Waals surface area contributed by atoms with E-state index in [2.05, 4.69) is 5.32 Å². The first kappa shape index (κ1) is 7.81. The first-order chi connectivity index (χ1) is 4.52. The predicted octanol–water partition coefficient (Wildman–Crippen LogP) is 0.129. The lowest BCUT2D eigenvalue weighted by Gasteiger charge is -2.16. The molecular weight excluding hydrogens is 147 g/mol. The van der Waals surface area contributed by atoms with Gasteiger partial charge in [0.1, 0.15) is 0 Å². The molecule has 1 rings (SSSR count). The van der Waals surface area contributed by atoms with Gasteiger partial charge in [0.2, 0.25) is 0 Å². The SMILES string of the molecule is O[C@H]1CNC[C@@H]1C(F)(F)F. The smallest absolute Gasteiger partial charge is 0.391 e. The van der Waals surface area contributed by atoms with Crippen molar-refractivity contribution >= 4 is 0 Å². The molecule has 1 aliphatic rings. The number of nitrogens with one attached hydrogen (secondary N) is 1. The van der Waals surface area contributed by atoms with E-state index in [0.717, 1.165) is 0 Å². The minimum Gasteiger partial charge on any atom is -0.391 e. The van der Waals surface area contributed by atoms with Crippen LogP contribution in [0.4, 0.5) is 13.2 Å². The van der Waals surface area contributed by atoms with Gasteiger partial charge >= 0.3 is 6.18 Å². The Morgan fingerprint density at radius 1 is 1.30 bits per heavy atom. The number of alkyl halides is 3. The molecule has 2 atom stereocenters. The van der Waals surface area contributed by atoms with Gasteiger partial charge in [-0.15, -0.1) is 0 Å². The Labute approximate surface area is 56.0 Å². The minimum absolute atomic E-state index is 0.0458. The molecule has 1 heterocycles. The highest BCUT2D eigenvalue weighted by Crippen LogP contribution is 2.30. The topological polar surface area (TPSA) is 32.3 Å². The molecule has 0 amide bonds. The van der Waals surface area contributed by atoms with Crippen LogP contribution in [-0.4, -0.2) is 30.5 Å². The van der Waals surface area contributed by atoms with E-state index < -0.39 is 18.2 Å². The molecule has 0 bridgehead atoms. The Morgan fingerprint density at radius 3 is 2.10 bits per heavy atom. The van der Waals surface area contributed by atoms with Gasteiger partial charge in [-0.05, 0) is 0 Å². The summed E-state index contributed by atoms with van der Waals surface area (Å²) in [6.07, 6.45) is -5.52. The highest BCUT2D eigenvalue weighted by atomic mass is 19.4. The van der Waals surface area contributed by atoms with Crippen LogP contribution in [0.3, 0.4) is 0 Å². The van der Waals surface area contributed by atoms with Crippen LogP contribution >= 0.6 is 0 Å². The molecule has 1 saturated heterocycles. The zero-order valence-electron chi connectivity index (χ0n) is 5.15. The van der Waals surface area contributed by atoms with E-state index in [1.54, 1.807) is 0 Å². The van der Waals surface area contributed by atoms with Crippen LogP contribution in [0, 0.1) is 5.92 Å². The average molecular weight is 155 g/mol. The van der Waals surface area contributed by atoms with Gasteiger partial charge in [-0.25, -0.2) is 0 Å². The molecule has 2 N–H and O–H groups in total. The number of rotatable bonds is 0. The number of halogens is 3. The van der Waals surface area contributed by atoms with Crippen LogP contribution in [-0.2, 0) is 0 Å². The van der Waals surface area contributed by atoms with Gasteiger partial charge in [0.25, 0.3) is 0 Å². The van der Waals surface area contributed by atoms with Gasteiger partial charge < -0.3 is 10.4 Å². The molecule has 1 aliphatic heterocycles. The molecular formula is C5H8F3NO. The Balaban J connectivity index is 2.55. The lowest BCUT2D eigenvalue weighted by atomic mass is 10.1. The molecule has 0 aromatic heterocycles. The third kappa shape index (κ3) is 1.41. The number of hydrogen-bond acceptors (Lipinski definition) is 2. The first-order valence-electron chi connectivity index (χ1n) is 2.97. The quantitative estimate of drug-likeness (QED) is 0.521. The van der Waals surface area contributed by atoms with Gasteiger partial charge in [0, 0.05) is 13.1 Å². The van der Waals surface area contributed by atoms with E-state index in [0.29, 0.717) is 0 Å². The Kier molecular flexibility index (Phi) is 1.87. The summed E-state index contributed by atoms with van der Waals surface area (Å²) in [7, 11) is 0. The number of aliphatic hydroxyl groups excluding tert-OH is 1. The van der Waals surface area contributed by atoms with Crippen molar-refractivity contribution in [3.8, 4) is 0 Å². The predicted molar refractivity (Wildman–Crippen MR) is 28.4 cm³/mol. The van der Waals surface area contributed by atoms with Crippen molar-refractivity contribution in [1.82, 2.24) is 5.32 Å². The first-order valence-corrected chi connectivity index (χ1v) is 2.97. The maximum atomic E-state index is 11.8. The molecule has 10 heavy (non-hydrogen) atoms. The fraction of sp³-hybridized carbons (Fsp3) is 1.00. The third-order valence-corrected chi connectivity index (χ3v) is 1.60. The fourth-order valence-corrected chi connectivity index (χ4v) is 0.999. The molecule has 60 valence electrons. The van der Waals surface area contributed by atoms with Crippen molar-refractivity contribution in [3.63, 3.8) is 0 Å². The van der Waals surface area contributed by atoms with E-state index in [9.17, 15) is 13.2 Å². The summed E-state index contributed by atoms with van der Waals surface area (Å²) >= 11 is 0. The number of hydrogen-bond donors (Lipinski definition) is 2. The van der Waals surface area contributed by atoms with E-state index in [4.69, 9.17) is 5.11 Å². The minimum atomic E-state index is -4.26. The molecule has 0 spiro atoms. The van der Waals surface area contributed by atoms with Crippen LogP contribution in [0.15, 0.2) is 0 Å². The van der Waals surface area contributed by atoms with E-state index in [1.807, 2.05) is 0 Å². The van der Waals surface area contributed by atoms with Crippen LogP contribution in [0.25, 0.3) is 0 Å². The molecule has 0 radical (unpaired) electrons. The van der Waals surface area contributed by atoms with Crippen molar-refractivity contribution in [2.24, 2.45) is 5.92 Å². The van der Waals surface area contributed by atoms with E-state index in [-0.39, 0.29) is 13.1 Å². The number of aliphatic hydroxyl groups is 1. The monoisotopic (exact) mass is 155 g/mol. The highest BCUT2D eigenvalue weighted by molar-refractivity contribution is 4.85. The lowest BCUT2D eigenvalue weighted by Crippen LogP contribution is -2.32. The lowest BCUT2D eigenvalue weighted by molar-refractivity contribution is -0.187. The third-order valence-electron chi connectivity index (χ3n) is 1.60. The Bertz CT molecular complexity index is 125. The van der Waals surface area contributed by atoms with Crippen molar-refractivity contribution in [1.29, 1.82) is 0 Å². The molecule has 0 unspecified atom stereocenters. The molecule has 1 fully saturated rings. The normalized spacial score (nSPS) is 34.8. The average Bonchev–Trinajstić information content (AvgIpc) is 2.11. The zero-order valence-corrected chi connectivity index (χ0v) is 5.15. The summed E-state index contributed by atoms with van der Waals surface area (Å²) in [6.45, 7) is -0.116. The summed E-state index contributed by atoms with van der Waals surface area (Å²) in [5, 5.41) is 11.2. The maximum absolute atomic E-state index is 11.8. The summed E-state index contributed by atoms with van der Waals surface area (Å²) in [4.78, 5) is 0. The fourth-order valence-electron chi connectivity index (χ4n) is 0.999. The second-order valence-corrected chi connectivity index (χ2v) is 2.37. The summed E-state index contributed by atoms with van der Waals surface area (Å²) in [5.41, 5.74) is 0. The van der Waals surface area contributed by atoms with Crippen LogP contribution in [0.1, 0.15) is 0 Å². The number of β-amino-alcohol motifs (C(OH)–C–C–N with tert-alkyl or cyclic N) is 1. The Morgan fingerprint density at radius 2 is 1.90 bits per heavy atom. The summed E-state index contributed by atoms with van der Waals surface area (Å²) in [6, 6.07) is 0. The van der Waals surface area contributed by atoms with Gasteiger partial charge in [0.05, 0.1) is 12.0 Å². The zero-order chi connectivity index (χ0) is 7.78. The van der Waals surface area contributed by atoms with Crippen LogP contribution < -0.4 is 5.32 Å². The van der Waals surface area contributed by atoms with E-state index in [1.165, 1.54) is 0 Å². The van der Waals surface area contributed by atoms with Crippen LogP contribution in [0.5, 0.6) is 0 Å². The highest BCUT2D eigenvalue weighted by Gasteiger charge is 2.46. The van der Waals surface area contributed by atoms with Crippen molar-refractivity contribution < 1.29 is 18.3 Å². The molecule has 0 saturated carbocycles. The summed E-state index contributed by atoms with van der Waals surface area (Å²) in [5.74, 6) is -1.58. The molecule has 0 aromatic rings. The molecule has 0 aromatic carbocycles. The van der Waals surface area contributed by atoms with Gasteiger partial charge in [-0.2, -0.15) is 13.2 Å². The molecule has 0 aliphatic carbocycles. The van der Waals surface area contributed by atoms with Crippen molar-refractivity contribution in [3.05, 3.63) is 0 Å². The Hall–Kier alpha value is -0.290. The second kappa shape index (κ2) is 2.39. The standard InChI is InChI=1S/C5H8F3NO/c6-5(7,8)3-1-9-2-4(3)10/h3-4,9-10H,1-2H2/t3-,4-/m0/s1. The van der Waals surface area contributed by atoms with Gasteiger partial charge in [0.15, 0.2) is 0 Å². The van der Waals surface area contributed by atoms with Gasteiger partial charge in [-0.1, -0.05) is 0 Å². The molecule has 5 heteroatoms. The van der Waals surface area contributed by atoms with Crippen molar-refractivity contribution in [2.45, 2.75) is 12.3 Å². The second-order valence-electron chi connectivity index (χ2n) is 2.37. The largest absolute Gasteiger partial charge is 0.395 e. The van der Waals surface area contributed by atoms with Crippen LogP contribution in [0.2, 0.25) is 0 Å².